The van der Waals surface area contributed by atoms with Gasteiger partial charge in [0.25, 0.3) is 11.5 Å². The van der Waals surface area contributed by atoms with Crippen molar-refractivity contribution >= 4 is 34.4 Å². The summed E-state index contributed by atoms with van der Waals surface area (Å²) in [6, 6.07) is 10.3. The molecule has 4 heterocycles. The number of nitrogens with zero attached hydrogens (tertiary/aromatic N) is 5. The zero-order valence-corrected chi connectivity index (χ0v) is 33.0. The van der Waals surface area contributed by atoms with E-state index in [0.717, 1.165) is 32.1 Å². The van der Waals surface area contributed by atoms with Crippen molar-refractivity contribution in [3.63, 3.8) is 0 Å². The predicted octanol–water partition coefficient (Wildman–Crippen LogP) is 4.04. The fourth-order valence-corrected chi connectivity index (χ4v) is 8.92. The van der Waals surface area contributed by atoms with Crippen molar-refractivity contribution in [1.82, 2.24) is 35.1 Å². The minimum absolute atomic E-state index is 0.0181. The lowest BCUT2D eigenvalue weighted by Gasteiger charge is -2.40. The van der Waals surface area contributed by atoms with Crippen LogP contribution in [0, 0.1) is 11.7 Å². The van der Waals surface area contributed by atoms with Crippen LogP contribution in [0.5, 0.6) is 0 Å². The molecule has 59 heavy (non-hydrogen) atoms. The Labute approximate surface area is 339 Å². The highest BCUT2D eigenvalue weighted by atomic mass is 19.4. The van der Waals surface area contributed by atoms with Crippen molar-refractivity contribution in [1.29, 1.82) is 0 Å². The van der Waals surface area contributed by atoms with Crippen LogP contribution >= 0.6 is 0 Å². The standard InChI is InChI=1S/C42H51F4N7O6/c43-34-11-10-27(25-35-31-8-4-5-9-32(31)38(55)49-48-35)24-33(34)39(56)53-22-20-51(21-23-53)36(54)26-50-16-12-29(13-17-50)59-30-14-18-52(19-15-30)40(57)37(28-6-2-1-3-7-28)47-41(58)42(44,45)46/h4-5,8-11,24,28-30,37H,1-3,6-7,12-23,25-26H2,(H,47,58)(H,49,55)/t37-/m1/s1. The van der Waals surface area contributed by atoms with Crippen molar-refractivity contribution in [2.45, 2.75) is 88.6 Å². The van der Waals surface area contributed by atoms with Gasteiger partial charge >= 0.3 is 12.1 Å². The number of aromatic amines is 1. The van der Waals surface area contributed by atoms with E-state index in [1.165, 1.54) is 12.1 Å². The molecule has 3 aromatic rings. The molecule has 0 unspecified atom stereocenters. The van der Waals surface area contributed by atoms with E-state index >= 15 is 0 Å². The molecule has 7 rings (SSSR count). The molecule has 0 radical (unpaired) electrons. The number of nitrogens with one attached hydrogen (secondary N) is 2. The van der Waals surface area contributed by atoms with E-state index < -0.39 is 35.8 Å². The maximum atomic E-state index is 15.0. The normalized spacial score (nSPS) is 19.8. The SMILES string of the molecule is O=C(CN1CCC(OC2CCN(C(=O)[C@H](NC(=O)C(F)(F)F)C3CCCCC3)CC2)CC1)N1CCN(C(=O)c2cc(Cc3n[nH]c(=O)c4ccccc34)ccc2F)CC1. The van der Waals surface area contributed by atoms with Gasteiger partial charge in [-0.15, -0.1) is 0 Å². The third-order valence-electron chi connectivity index (χ3n) is 12.3. The lowest BCUT2D eigenvalue weighted by molar-refractivity contribution is -0.176. The lowest BCUT2D eigenvalue weighted by Crippen LogP contribution is -2.56. The molecule has 0 spiro atoms. The number of aromatic nitrogens is 2. The van der Waals surface area contributed by atoms with Crippen LogP contribution in [0.15, 0.2) is 47.3 Å². The van der Waals surface area contributed by atoms with Gasteiger partial charge in [0.1, 0.15) is 11.9 Å². The number of hydrogen-bond acceptors (Lipinski definition) is 8. The number of H-pyrrole nitrogens is 1. The van der Waals surface area contributed by atoms with Crippen LogP contribution < -0.4 is 10.9 Å². The highest BCUT2D eigenvalue weighted by Crippen LogP contribution is 2.30. The van der Waals surface area contributed by atoms with E-state index in [1.54, 1.807) is 39.0 Å². The summed E-state index contributed by atoms with van der Waals surface area (Å²) in [5.41, 5.74) is 0.911. The second kappa shape index (κ2) is 18.6. The quantitative estimate of drug-likeness (QED) is 0.292. The smallest absolute Gasteiger partial charge is 0.375 e. The predicted molar refractivity (Wildman–Crippen MR) is 209 cm³/mol. The van der Waals surface area contributed by atoms with Crippen molar-refractivity contribution in [2.75, 3.05) is 58.9 Å². The van der Waals surface area contributed by atoms with Crippen LogP contribution in [0.1, 0.15) is 79.4 Å². The molecule has 1 saturated carbocycles. The van der Waals surface area contributed by atoms with Gasteiger partial charge in [0.2, 0.25) is 11.8 Å². The van der Waals surface area contributed by atoms with Gasteiger partial charge in [0.05, 0.1) is 35.4 Å². The van der Waals surface area contributed by atoms with Gasteiger partial charge in [-0.2, -0.15) is 18.3 Å². The van der Waals surface area contributed by atoms with E-state index in [9.17, 15) is 41.5 Å². The second-order valence-electron chi connectivity index (χ2n) is 16.2. The first kappa shape index (κ1) is 42.2. The Kier molecular flexibility index (Phi) is 13.3. The number of rotatable bonds is 10. The third kappa shape index (κ3) is 10.3. The average molecular weight is 826 g/mol. The molecule has 17 heteroatoms. The number of piperidine rings is 2. The van der Waals surface area contributed by atoms with E-state index in [1.807, 2.05) is 11.4 Å². The summed E-state index contributed by atoms with van der Waals surface area (Å²) in [4.78, 5) is 71.2. The first-order chi connectivity index (χ1) is 28.3. The molecule has 1 aliphatic carbocycles. The van der Waals surface area contributed by atoms with E-state index in [4.69, 9.17) is 4.74 Å². The first-order valence-electron chi connectivity index (χ1n) is 20.7. The van der Waals surface area contributed by atoms with Crippen LogP contribution in [0.25, 0.3) is 10.8 Å². The van der Waals surface area contributed by atoms with Crippen LogP contribution in [0.4, 0.5) is 17.6 Å². The molecule has 4 fully saturated rings. The Balaban J connectivity index is 0.831. The summed E-state index contributed by atoms with van der Waals surface area (Å²) in [6.07, 6.45) is 1.46. The minimum Gasteiger partial charge on any atom is -0.375 e. The molecule has 13 nitrogen and oxygen atoms in total. The first-order valence-corrected chi connectivity index (χ1v) is 20.7. The van der Waals surface area contributed by atoms with Crippen molar-refractivity contribution in [3.05, 3.63) is 75.5 Å². The maximum absolute atomic E-state index is 15.0. The molecule has 3 saturated heterocycles. The summed E-state index contributed by atoms with van der Waals surface area (Å²) in [6.45, 7) is 3.44. The lowest BCUT2D eigenvalue weighted by atomic mass is 9.83. The minimum atomic E-state index is -5.06. The average Bonchev–Trinajstić information content (AvgIpc) is 3.25. The number of piperazine rings is 1. The molecular weight excluding hydrogens is 774 g/mol. The van der Waals surface area contributed by atoms with Gasteiger partial charge in [0, 0.05) is 64.2 Å². The molecule has 3 aliphatic heterocycles. The van der Waals surface area contributed by atoms with Gasteiger partial charge in [0.15, 0.2) is 0 Å². The Hall–Kier alpha value is -4.90. The second-order valence-corrected chi connectivity index (χ2v) is 16.2. The Morgan fingerprint density at radius 1 is 0.797 bits per heavy atom. The molecule has 2 N–H and O–H groups in total. The zero-order valence-electron chi connectivity index (χ0n) is 33.0. The number of hydrogen-bond donors (Lipinski definition) is 2. The number of alkyl halides is 3. The summed E-state index contributed by atoms with van der Waals surface area (Å²) in [7, 11) is 0. The Bertz CT molecular complexity index is 2050. The monoisotopic (exact) mass is 825 g/mol. The zero-order chi connectivity index (χ0) is 41.7. The maximum Gasteiger partial charge on any atom is 0.471 e. The van der Waals surface area contributed by atoms with Crippen molar-refractivity contribution < 1.29 is 41.5 Å². The molecule has 1 atom stereocenters. The fraction of sp³-hybridized carbons (Fsp3) is 0.571. The largest absolute Gasteiger partial charge is 0.471 e. The number of ether oxygens (including phenoxy) is 1. The number of carbonyl (C=O) groups is 4. The topological polar surface area (TPSA) is 148 Å². The van der Waals surface area contributed by atoms with E-state index in [2.05, 4.69) is 15.1 Å². The Morgan fingerprint density at radius 2 is 1.42 bits per heavy atom. The van der Waals surface area contributed by atoms with E-state index in [-0.39, 0.29) is 61.2 Å². The summed E-state index contributed by atoms with van der Waals surface area (Å²) >= 11 is 0. The number of benzene rings is 2. The number of halogens is 4. The summed E-state index contributed by atoms with van der Waals surface area (Å²) < 4.78 is 60.7. The molecule has 318 valence electrons. The number of fused-ring (bicyclic) bond motifs is 1. The van der Waals surface area contributed by atoms with Crippen molar-refractivity contribution in [2.24, 2.45) is 5.92 Å². The van der Waals surface area contributed by atoms with E-state index in [0.29, 0.717) is 87.0 Å². The summed E-state index contributed by atoms with van der Waals surface area (Å²) in [5, 5.41) is 9.89. The molecule has 4 amide bonds. The van der Waals surface area contributed by atoms with Crippen LogP contribution in [0.2, 0.25) is 0 Å². The highest BCUT2D eigenvalue weighted by molar-refractivity contribution is 5.95. The Morgan fingerprint density at radius 3 is 2.08 bits per heavy atom. The molecule has 4 aliphatic rings. The summed E-state index contributed by atoms with van der Waals surface area (Å²) in [5.74, 6) is -3.97. The highest BCUT2D eigenvalue weighted by Gasteiger charge is 2.44. The van der Waals surface area contributed by atoms with Crippen LogP contribution in [-0.4, -0.2) is 137 Å². The third-order valence-corrected chi connectivity index (χ3v) is 12.3. The molecule has 2 aromatic carbocycles. The fourth-order valence-electron chi connectivity index (χ4n) is 8.92. The molecule has 0 bridgehead atoms. The van der Waals surface area contributed by atoms with Gasteiger partial charge in [-0.25, -0.2) is 9.49 Å². The van der Waals surface area contributed by atoms with Crippen LogP contribution in [0.3, 0.4) is 0 Å². The number of amides is 4. The number of carbonyl (C=O) groups excluding carboxylic acids is 4. The number of likely N-dealkylation sites (tertiary alicyclic amines) is 2. The molecular formula is C42H51F4N7O6. The van der Waals surface area contributed by atoms with Crippen LogP contribution in [-0.2, 0) is 25.5 Å². The van der Waals surface area contributed by atoms with Gasteiger partial charge < -0.3 is 24.8 Å². The van der Waals surface area contributed by atoms with Gasteiger partial charge in [-0.1, -0.05) is 43.5 Å². The van der Waals surface area contributed by atoms with Gasteiger partial charge in [-0.3, -0.25) is 28.9 Å². The van der Waals surface area contributed by atoms with Gasteiger partial charge in [-0.05, 0) is 68.2 Å². The van der Waals surface area contributed by atoms with Crippen molar-refractivity contribution in [3.8, 4) is 0 Å². The molecule has 1 aromatic heterocycles.